The number of carbonyl (C=O) groups is 2. The number of nitrogens with zero attached hydrogens (tertiary/aromatic N) is 4. The fourth-order valence-electron chi connectivity index (χ4n) is 3.72. The summed E-state index contributed by atoms with van der Waals surface area (Å²) in [5, 5.41) is 8.12. The van der Waals surface area contributed by atoms with E-state index in [4.69, 9.17) is 10.3 Å². The van der Waals surface area contributed by atoms with Gasteiger partial charge in [0.05, 0.1) is 29.2 Å². The Morgan fingerprint density at radius 2 is 1.96 bits per heavy atom. The minimum Gasteiger partial charge on any atom is -0.383 e. The first kappa shape index (κ1) is 18.0. The van der Waals surface area contributed by atoms with Crippen LogP contribution in [-0.2, 0) is 0 Å². The van der Waals surface area contributed by atoms with E-state index < -0.39 is 6.04 Å². The van der Waals surface area contributed by atoms with E-state index >= 15 is 0 Å². The lowest BCUT2D eigenvalue weighted by Gasteiger charge is -2.23. The Hall–Kier alpha value is -3.42. The topological polar surface area (TPSA) is 107 Å². The molecule has 1 saturated heterocycles. The summed E-state index contributed by atoms with van der Waals surface area (Å²) in [5.74, 6) is 0.295. The number of anilines is 1. The van der Waals surface area contributed by atoms with Crippen LogP contribution in [0.1, 0.15) is 45.0 Å². The number of hydrogen-bond acceptors (Lipinski definition) is 6. The van der Waals surface area contributed by atoms with Crippen molar-refractivity contribution in [3.8, 4) is 5.69 Å². The van der Waals surface area contributed by atoms with E-state index in [0.29, 0.717) is 35.5 Å². The fraction of sp³-hybridized carbons (Fsp3) is 0.300. The molecule has 8 heteroatoms. The zero-order valence-electron chi connectivity index (χ0n) is 15.8. The molecule has 0 aliphatic carbocycles. The summed E-state index contributed by atoms with van der Waals surface area (Å²) in [6, 6.07) is 8.79. The van der Waals surface area contributed by atoms with Crippen molar-refractivity contribution in [2.75, 3.05) is 12.3 Å². The highest BCUT2D eigenvalue weighted by Gasteiger charge is 2.38. The SMILES string of the molecule is Cc1noc(C)c1C(=O)N1CCCC1C(=O)c1cnn(-c2ccccc2)c1N. The molecule has 1 fully saturated rings. The largest absolute Gasteiger partial charge is 0.383 e. The fourth-order valence-corrected chi connectivity index (χ4v) is 3.72. The first-order valence-corrected chi connectivity index (χ1v) is 9.16. The van der Waals surface area contributed by atoms with Crippen LogP contribution in [0.25, 0.3) is 5.69 Å². The van der Waals surface area contributed by atoms with Crippen LogP contribution in [0.3, 0.4) is 0 Å². The molecule has 28 heavy (non-hydrogen) atoms. The van der Waals surface area contributed by atoms with E-state index in [2.05, 4.69) is 10.3 Å². The molecule has 0 spiro atoms. The summed E-state index contributed by atoms with van der Waals surface area (Å²) >= 11 is 0. The predicted octanol–water partition coefficient (Wildman–Crippen LogP) is 2.55. The normalized spacial score (nSPS) is 16.5. The van der Waals surface area contributed by atoms with Gasteiger partial charge >= 0.3 is 0 Å². The monoisotopic (exact) mass is 379 g/mol. The lowest BCUT2D eigenvalue weighted by atomic mass is 10.0. The van der Waals surface area contributed by atoms with E-state index in [0.717, 1.165) is 12.1 Å². The number of benzene rings is 1. The molecule has 2 aromatic heterocycles. The van der Waals surface area contributed by atoms with Crippen LogP contribution in [0.15, 0.2) is 41.1 Å². The van der Waals surface area contributed by atoms with Gasteiger partial charge in [-0.1, -0.05) is 23.4 Å². The average Bonchev–Trinajstić information content (AvgIpc) is 3.41. The molecule has 2 N–H and O–H groups in total. The maximum atomic E-state index is 13.2. The maximum absolute atomic E-state index is 13.2. The van der Waals surface area contributed by atoms with Gasteiger partial charge in [0.2, 0.25) is 0 Å². The Balaban J connectivity index is 1.63. The van der Waals surface area contributed by atoms with Crippen molar-refractivity contribution in [2.45, 2.75) is 32.7 Å². The number of rotatable bonds is 4. The second kappa shape index (κ2) is 6.95. The zero-order chi connectivity index (χ0) is 19.8. The number of ketones is 1. The van der Waals surface area contributed by atoms with E-state index in [1.54, 1.807) is 18.7 Å². The summed E-state index contributed by atoms with van der Waals surface area (Å²) in [6.45, 7) is 3.92. The zero-order valence-corrected chi connectivity index (χ0v) is 15.8. The molecule has 8 nitrogen and oxygen atoms in total. The Kier molecular flexibility index (Phi) is 4.46. The van der Waals surface area contributed by atoms with E-state index in [1.165, 1.54) is 10.9 Å². The van der Waals surface area contributed by atoms with Crippen LogP contribution in [-0.4, -0.2) is 44.1 Å². The first-order chi connectivity index (χ1) is 13.5. The summed E-state index contributed by atoms with van der Waals surface area (Å²) in [4.78, 5) is 27.8. The van der Waals surface area contributed by atoms with Gasteiger partial charge < -0.3 is 15.2 Å². The molecule has 3 aromatic rings. The Labute approximate surface area is 161 Å². The lowest BCUT2D eigenvalue weighted by Crippen LogP contribution is -2.41. The number of nitrogen functional groups attached to an aromatic ring is 1. The van der Waals surface area contributed by atoms with Gasteiger partial charge in [0.1, 0.15) is 17.1 Å². The third kappa shape index (κ3) is 2.87. The van der Waals surface area contributed by atoms with Gasteiger partial charge in [-0.3, -0.25) is 9.59 Å². The number of aryl methyl sites for hydroxylation is 2. The molecule has 0 bridgehead atoms. The summed E-state index contributed by atoms with van der Waals surface area (Å²) in [6.07, 6.45) is 2.81. The van der Waals surface area contributed by atoms with Crippen LogP contribution in [0, 0.1) is 13.8 Å². The van der Waals surface area contributed by atoms with Crippen molar-refractivity contribution < 1.29 is 14.1 Å². The molecule has 1 amide bonds. The number of para-hydroxylation sites is 1. The highest BCUT2D eigenvalue weighted by atomic mass is 16.5. The Bertz CT molecular complexity index is 1020. The average molecular weight is 379 g/mol. The van der Waals surface area contributed by atoms with Crippen LogP contribution in [0.4, 0.5) is 5.82 Å². The molecular weight excluding hydrogens is 358 g/mol. The highest BCUT2D eigenvalue weighted by molar-refractivity contribution is 6.07. The summed E-state index contributed by atoms with van der Waals surface area (Å²) < 4.78 is 6.64. The second-order valence-electron chi connectivity index (χ2n) is 6.91. The molecule has 0 saturated carbocycles. The smallest absolute Gasteiger partial charge is 0.259 e. The second-order valence-corrected chi connectivity index (χ2v) is 6.91. The Morgan fingerprint density at radius 1 is 1.21 bits per heavy atom. The van der Waals surface area contributed by atoms with Gasteiger partial charge in [0.25, 0.3) is 5.91 Å². The summed E-state index contributed by atoms with van der Waals surface area (Å²) in [5.41, 5.74) is 8.27. The predicted molar refractivity (Wildman–Crippen MR) is 102 cm³/mol. The number of amides is 1. The highest BCUT2D eigenvalue weighted by Crippen LogP contribution is 2.28. The van der Waals surface area contributed by atoms with Crippen molar-refractivity contribution in [3.05, 3.63) is 59.1 Å². The Morgan fingerprint density at radius 3 is 2.64 bits per heavy atom. The van der Waals surface area contributed by atoms with Gasteiger partial charge in [-0.15, -0.1) is 0 Å². The van der Waals surface area contributed by atoms with E-state index in [9.17, 15) is 9.59 Å². The quantitative estimate of drug-likeness (QED) is 0.698. The number of nitrogens with two attached hydrogens (primary N) is 1. The molecule has 1 unspecified atom stereocenters. The molecule has 4 rings (SSSR count). The standard InChI is InChI=1S/C20H21N5O3/c1-12-17(13(2)28-23-12)20(27)24-10-6-9-16(24)18(26)15-11-22-25(19(15)21)14-7-4-3-5-8-14/h3-5,7-8,11,16H,6,9-10,21H2,1-2H3. The maximum Gasteiger partial charge on any atom is 0.259 e. The molecule has 1 aliphatic heterocycles. The molecule has 3 heterocycles. The number of likely N-dealkylation sites (tertiary alicyclic amines) is 1. The van der Waals surface area contributed by atoms with Gasteiger partial charge in [0.15, 0.2) is 5.78 Å². The van der Waals surface area contributed by atoms with Crippen LogP contribution in [0.2, 0.25) is 0 Å². The third-order valence-electron chi connectivity index (χ3n) is 5.14. The van der Waals surface area contributed by atoms with Crippen molar-refractivity contribution >= 4 is 17.5 Å². The van der Waals surface area contributed by atoms with Crippen molar-refractivity contribution in [3.63, 3.8) is 0 Å². The molecule has 1 aromatic carbocycles. The summed E-state index contributed by atoms with van der Waals surface area (Å²) in [7, 11) is 0. The molecule has 144 valence electrons. The number of Topliss-reactive ketones (excluding diaryl/α,β-unsaturated/α-hetero) is 1. The third-order valence-corrected chi connectivity index (χ3v) is 5.14. The molecular formula is C20H21N5O3. The van der Waals surface area contributed by atoms with Gasteiger partial charge in [-0.25, -0.2) is 4.68 Å². The number of hydrogen-bond donors (Lipinski definition) is 1. The minimum absolute atomic E-state index is 0.197. The minimum atomic E-state index is -0.572. The van der Waals surface area contributed by atoms with Gasteiger partial charge in [-0.05, 0) is 38.8 Å². The van der Waals surface area contributed by atoms with E-state index in [1.807, 2.05) is 30.3 Å². The lowest BCUT2D eigenvalue weighted by molar-refractivity contribution is 0.0670. The van der Waals surface area contributed by atoms with E-state index in [-0.39, 0.29) is 17.5 Å². The van der Waals surface area contributed by atoms with Crippen molar-refractivity contribution in [1.82, 2.24) is 19.8 Å². The van der Waals surface area contributed by atoms with Crippen LogP contribution >= 0.6 is 0 Å². The van der Waals surface area contributed by atoms with Gasteiger partial charge in [0, 0.05) is 6.54 Å². The van der Waals surface area contributed by atoms with Crippen molar-refractivity contribution in [1.29, 1.82) is 0 Å². The molecule has 1 aliphatic rings. The van der Waals surface area contributed by atoms with Crippen LogP contribution < -0.4 is 5.73 Å². The number of carbonyl (C=O) groups excluding carboxylic acids is 2. The number of aromatic nitrogens is 3. The van der Waals surface area contributed by atoms with Crippen LogP contribution in [0.5, 0.6) is 0 Å². The van der Waals surface area contributed by atoms with Crippen molar-refractivity contribution in [2.24, 2.45) is 0 Å². The molecule has 1 atom stereocenters. The first-order valence-electron chi connectivity index (χ1n) is 9.16. The van der Waals surface area contributed by atoms with Gasteiger partial charge in [-0.2, -0.15) is 5.10 Å². The molecule has 0 radical (unpaired) electrons.